The minimum atomic E-state index is -0.256. The largest absolute Gasteiger partial charge is 0.381 e. The number of likely N-dealkylation sites (tertiary alicyclic amines) is 1. The van der Waals surface area contributed by atoms with Crippen LogP contribution in [-0.4, -0.2) is 54.8 Å². The van der Waals surface area contributed by atoms with Gasteiger partial charge in [-0.3, -0.25) is 0 Å². The molecule has 1 saturated carbocycles. The minimum Gasteiger partial charge on any atom is -0.381 e. The standard InChI is InChI=1S/C23H30N6O2/c1-15-3-2-4-16(11-15)12-25-28-23(30)29-14-20-19(21(29)17-5-6-17)13-24-22(27-20)26-18-7-9-31-10-8-18/h2-4,11,13,17-18,20-21H,5-10,12,14H2,1H3,(H2,24,26,27). The summed E-state index contributed by atoms with van der Waals surface area (Å²) in [5, 5.41) is 15.1. The molecule has 8 heteroatoms. The monoisotopic (exact) mass is 422 g/mol. The number of ether oxygens (including phenoxy) is 1. The van der Waals surface area contributed by atoms with Crippen LogP contribution in [-0.2, 0) is 11.3 Å². The molecule has 2 N–H and O–H groups in total. The average molecular weight is 423 g/mol. The SMILES string of the molecule is Cc1cccc(CN=NC(=O)N2CC3N=C(NC4CCOCC4)NC=C3C2C2CC2)c1. The van der Waals surface area contributed by atoms with Gasteiger partial charge in [-0.05, 0) is 49.7 Å². The number of amides is 2. The number of aliphatic imine (C=N–C) groups is 1. The second-order valence-corrected chi connectivity index (χ2v) is 8.92. The van der Waals surface area contributed by atoms with Crippen LogP contribution < -0.4 is 10.6 Å². The maximum atomic E-state index is 12.9. The molecular weight excluding hydrogens is 392 g/mol. The third kappa shape index (κ3) is 4.63. The number of carbonyl (C=O) groups excluding carboxylic acids is 1. The van der Waals surface area contributed by atoms with Gasteiger partial charge in [-0.15, -0.1) is 0 Å². The van der Waals surface area contributed by atoms with Gasteiger partial charge in [0, 0.05) is 32.0 Å². The zero-order valence-electron chi connectivity index (χ0n) is 18.0. The van der Waals surface area contributed by atoms with Gasteiger partial charge >= 0.3 is 6.03 Å². The molecule has 3 fully saturated rings. The van der Waals surface area contributed by atoms with Crippen molar-refractivity contribution in [3.8, 4) is 0 Å². The molecule has 2 saturated heterocycles. The number of carbonyl (C=O) groups is 1. The van der Waals surface area contributed by atoms with E-state index in [1.807, 2.05) is 30.0 Å². The third-order valence-corrected chi connectivity index (χ3v) is 6.46. The Labute approximate surface area is 182 Å². The van der Waals surface area contributed by atoms with Crippen LogP contribution in [0.4, 0.5) is 4.79 Å². The molecule has 1 aliphatic carbocycles. The molecule has 3 aliphatic heterocycles. The molecule has 1 aromatic rings. The number of fused-ring (bicyclic) bond motifs is 1. The van der Waals surface area contributed by atoms with Crippen LogP contribution in [0, 0.1) is 12.8 Å². The fourth-order valence-electron chi connectivity index (χ4n) is 4.72. The predicted octanol–water partition coefficient (Wildman–Crippen LogP) is 3.14. The van der Waals surface area contributed by atoms with E-state index in [9.17, 15) is 4.79 Å². The first kappa shape index (κ1) is 20.2. The molecule has 0 bridgehead atoms. The van der Waals surface area contributed by atoms with Crippen molar-refractivity contribution < 1.29 is 9.53 Å². The molecule has 2 atom stereocenters. The van der Waals surface area contributed by atoms with E-state index in [1.165, 1.54) is 11.1 Å². The van der Waals surface area contributed by atoms with Gasteiger partial charge in [-0.25, -0.2) is 9.79 Å². The van der Waals surface area contributed by atoms with Gasteiger partial charge in [0.05, 0.1) is 18.6 Å². The Hall–Kier alpha value is -2.74. The number of hydrogen-bond acceptors (Lipinski definition) is 6. The van der Waals surface area contributed by atoms with E-state index in [1.54, 1.807) is 0 Å². The molecule has 0 aromatic heterocycles. The summed E-state index contributed by atoms with van der Waals surface area (Å²) in [5.41, 5.74) is 3.44. The molecule has 5 rings (SSSR count). The lowest BCUT2D eigenvalue weighted by atomic mass is 10.0. The van der Waals surface area contributed by atoms with E-state index in [-0.39, 0.29) is 18.1 Å². The second-order valence-electron chi connectivity index (χ2n) is 8.92. The van der Waals surface area contributed by atoms with E-state index in [0.29, 0.717) is 25.0 Å². The van der Waals surface area contributed by atoms with E-state index in [2.05, 4.69) is 33.1 Å². The topological polar surface area (TPSA) is 90.7 Å². The number of nitrogens with zero attached hydrogens (tertiary/aromatic N) is 4. The molecule has 0 spiro atoms. The first-order valence-electron chi connectivity index (χ1n) is 11.3. The molecule has 164 valence electrons. The maximum absolute atomic E-state index is 12.9. The van der Waals surface area contributed by atoms with E-state index in [0.717, 1.165) is 50.4 Å². The van der Waals surface area contributed by atoms with E-state index >= 15 is 0 Å². The van der Waals surface area contributed by atoms with Gasteiger partial charge in [0.2, 0.25) is 0 Å². The lowest BCUT2D eigenvalue weighted by Gasteiger charge is -2.27. The van der Waals surface area contributed by atoms with Crippen LogP contribution in [0.15, 0.2) is 51.3 Å². The summed E-state index contributed by atoms with van der Waals surface area (Å²) in [6.07, 6.45) is 6.32. The van der Waals surface area contributed by atoms with E-state index in [4.69, 9.17) is 9.73 Å². The summed E-state index contributed by atoms with van der Waals surface area (Å²) in [7, 11) is 0. The van der Waals surface area contributed by atoms with Crippen molar-refractivity contribution >= 4 is 12.0 Å². The Kier molecular flexibility index (Phi) is 5.72. The molecule has 8 nitrogen and oxygen atoms in total. The van der Waals surface area contributed by atoms with Gasteiger partial charge in [0.15, 0.2) is 5.96 Å². The zero-order valence-corrected chi connectivity index (χ0v) is 18.0. The van der Waals surface area contributed by atoms with Crippen molar-refractivity contribution in [1.29, 1.82) is 0 Å². The van der Waals surface area contributed by atoms with Crippen molar-refractivity contribution in [2.45, 2.75) is 57.3 Å². The number of guanidine groups is 1. The van der Waals surface area contributed by atoms with E-state index < -0.39 is 0 Å². The summed E-state index contributed by atoms with van der Waals surface area (Å²) in [5.74, 6) is 1.31. The van der Waals surface area contributed by atoms with Crippen molar-refractivity contribution in [3.05, 3.63) is 47.2 Å². The maximum Gasteiger partial charge on any atom is 0.362 e. The second kappa shape index (κ2) is 8.78. The fraction of sp³-hybridized carbons (Fsp3) is 0.565. The van der Waals surface area contributed by atoms with Crippen LogP contribution in [0.3, 0.4) is 0 Å². The van der Waals surface area contributed by atoms with Gasteiger partial charge in [0.25, 0.3) is 0 Å². The van der Waals surface area contributed by atoms with Crippen molar-refractivity contribution in [2.75, 3.05) is 19.8 Å². The Morgan fingerprint density at radius 2 is 2.13 bits per heavy atom. The first-order valence-corrected chi connectivity index (χ1v) is 11.3. The Morgan fingerprint density at radius 1 is 1.29 bits per heavy atom. The fourth-order valence-corrected chi connectivity index (χ4v) is 4.72. The Balaban J connectivity index is 1.25. The molecule has 1 aromatic carbocycles. The average Bonchev–Trinajstić information content (AvgIpc) is 3.54. The van der Waals surface area contributed by atoms with Crippen molar-refractivity contribution in [3.63, 3.8) is 0 Å². The molecule has 2 amide bonds. The van der Waals surface area contributed by atoms with Gasteiger partial charge < -0.3 is 20.3 Å². The number of nitrogens with one attached hydrogen (secondary N) is 2. The summed E-state index contributed by atoms with van der Waals surface area (Å²) in [6, 6.07) is 8.32. The number of aryl methyl sites for hydroxylation is 1. The number of rotatable bonds is 4. The number of azo groups is 1. The van der Waals surface area contributed by atoms with Crippen LogP contribution in [0.2, 0.25) is 0 Å². The smallest absolute Gasteiger partial charge is 0.362 e. The zero-order chi connectivity index (χ0) is 21.2. The quantitative estimate of drug-likeness (QED) is 0.730. The summed E-state index contributed by atoms with van der Waals surface area (Å²) >= 11 is 0. The van der Waals surface area contributed by atoms with Crippen LogP contribution in [0.25, 0.3) is 0 Å². The van der Waals surface area contributed by atoms with Gasteiger partial charge in [-0.1, -0.05) is 34.9 Å². The highest BCUT2D eigenvalue weighted by Crippen LogP contribution is 2.44. The highest BCUT2D eigenvalue weighted by molar-refractivity contribution is 5.83. The Morgan fingerprint density at radius 3 is 2.90 bits per heavy atom. The lowest BCUT2D eigenvalue weighted by molar-refractivity contribution is 0.0822. The van der Waals surface area contributed by atoms with Crippen LogP contribution in [0.1, 0.15) is 36.8 Å². The molecule has 31 heavy (non-hydrogen) atoms. The van der Waals surface area contributed by atoms with Crippen LogP contribution in [0.5, 0.6) is 0 Å². The number of hydrogen-bond donors (Lipinski definition) is 2. The molecule has 3 heterocycles. The molecule has 0 radical (unpaired) electrons. The number of urea groups is 1. The highest BCUT2D eigenvalue weighted by atomic mass is 16.5. The summed E-state index contributed by atoms with van der Waals surface area (Å²) in [6.45, 7) is 4.60. The molecule has 4 aliphatic rings. The molecular formula is C23H30N6O2. The van der Waals surface area contributed by atoms with Gasteiger partial charge in [0.1, 0.15) is 0 Å². The highest BCUT2D eigenvalue weighted by Gasteiger charge is 2.48. The lowest BCUT2D eigenvalue weighted by Crippen LogP contribution is -2.46. The van der Waals surface area contributed by atoms with Gasteiger partial charge in [-0.2, -0.15) is 5.11 Å². The predicted molar refractivity (Wildman–Crippen MR) is 118 cm³/mol. The van der Waals surface area contributed by atoms with Crippen molar-refractivity contribution in [2.24, 2.45) is 21.1 Å². The normalized spacial score (nSPS) is 26.3. The van der Waals surface area contributed by atoms with Crippen molar-refractivity contribution in [1.82, 2.24) is 15.5 Å². The third-order valence-electron chi connectivity index (χ3n) is 6.46. The number of benzene rings is 1. The molecule has 2 unspecified atom stereocenters. The first-order chi connectivity index (χ1) is 15.2. The Bertz CT molecular complexity index is 916. The van der Waals surface area contributed by atoms with Crippen LogP contribution >= 0.6 is 0 Å². The summed E-state index contributed by atoms with van der Waals surface area (Å²) in [4.78, 5) is 19.7. The summed E-state index contributed by atoms with van der Waals surface area (Å²) < 4.78 is 5.44. The minimum absolute atomic E-state index is 0.00915.